The van der Waals surface area contributed by atoms with Crippen molar-refractivity contribution in [3.63, 3.8) is 0 Å². The minimum absolute atomic E-state index is 0.0321. The molecule has 1 aromatic heterocycles. The molecule has 3 amide bonds. The molecule has 11 heteroatoms. The third kappa shape index (κ3) is 10.6. The summed E-state index contributed by atoms with van der Waals surface area (Å²) in [5, 5.41) is 23.5. The molecule has 2 atom stereocenters. The van der Waals surface area contributed by atoms with Gasteiger partial charge in [0.05, 0.1) is 23.4 Å². The number of amides is 3. The molecule has 0 aliphatic heterocycles. The summed E-state index contributed by atoms with van der Waals surface area (Å²) < 4.78 is 5.36. The van der Waals surface area contributed by atoms with Crippen LogP contribution in [0.25, 0.3) is 22.2 Å². The highest BCUT2D eigenvalue weighted by atomic mass is 16.6. The fraction of sp³-hybridized carbons (Fsp3) is 0.450. The molecule has 1 saturated carbocycles. The molecule has 51 heavy (non-hydrogen) atoms. The van der Waals surface area contributed by atoms with Crippen LogP contribution in [0.3, 0.4) is 0 Å². The van der Waals surface area contributed by atoms with E-state index in [1.165, 1.54) is 0 Å². The van der Waals surface area contributed by atoms with E-state index >= 15 is 0 Å². The van der Waals surface area contributed by atoms with Gasteiger partial charge in [-0.25, -0.2) is 9.78 Å². The SMILES string of the molecule is Cc1cc(C(=O)NC(C)C)ccc1-c1ccc(CC(NC(O)C2CCC(CNC(=O)OC(C)(C)C)CC2)C(=O)Nc2ccc3nc[nH]c3c2)cc1. The van der Waals surface area contributed by atoms with Crippen LogP contribution in [0.2, 0.25) is 0 Å². The van der Waals surface area contributed by atoms with Gasteiger partial charge in [-0.3, -0.25) is 14.9 Å². The summed E-state index contributed by atoms with van der Waals surface area (Å²) in [6, 6.07) is 18.6. The van der Waals surface area contributed by atoms with Crippen LogP contribution < -0.4 is 21.3 Å². The molecule has 6 N–H and O–H groups in total. The molecule has 2 unspecified atom stereocenters. The second-order valence-corrected chi connectivity index (χ2v) is 15.0. The lowest BCUT2D eigenvalue weighted by Crippen LogP contribution is -2.50. The number of aromatic nitrogens is 2. The van der Waals surface area contributed by atoms with E-state index in [9.17, 15) is 19.5 Å². The van der Waals surface area contributed by atoms with Gasteiger partial charge in [-0.2, -0.15) is 0 Å². The summed E-state index contributed by atoms with van der Waals surface area (Å²) in [7, 11) is 0. The number of benzene rings is 3. The second-order valence-electron chi connectivity index (χ2n) is 15.0. The Bertz CT molecular complexity index is 1800. The van der Waals surface area contributed by atoms with Crippen LogP contribution in [-0.4, -0.2) is 63.4 Å². The first-order valence-electron chi connectivity index (χ1n) is 17.9. The van der Waals surface area contributed by atoms with Gasteiger partial charge in [-0.15, -0.1) is 0 Å². The fourth-order valence-electron chi connectivity index (χ4n) is 6.59. The van der Waals surface area contributed by atoms with Gasteiger partial charge in [0, 0.05) is 23.8 Å². The van der Waals surface area contributed by atoms with E-state index in [0.717, 1.165) is 59.0 Å². The minimum Gasteiger partial charge on any atom is -0.444 e. The molecule has 1 fully saturated rings. The zero-order chi connectivity index (χ0) is 36.7. The molecule has 272 valence electrons. The van der Waals surface area contributed by atoms with Gasteiger partial charge in [0.1, 0.15) is 11.8 Å². The van der Waals surface area contributed by atoms with Crippen LogP contribution in [0.15, 0.2) is 67.0 Å². The Balaban J connectivity index is 1.25. The first-order valence-corrected chi connectivity index (χ1v) is 17.9. The number of nitrogens with one attached hydrogen (secondary N) is 5. The van der Waals surface area contributed by atoms with Crippen molar-refractivity contribution in [2.75, 3.05) is 11.9 Å². The minimum atomic E-state index is -0.885. The number of alkyl carbamates (subject to hydrolysis) is 1. The molecule has 0 radical (unpaired) electrons. The summed E-state index contributed by atoms with van der Waals surface area (Å²) >= 11 is 0. The number of carbonyl (C=O) groups excluding carboxylic acids is 3. The number of anilines is 1. The number of rotatable bonds is 12. The smallest absolute Gasteiger partial charge is 0.407 e. The lowest BCUT2D eigenvalue weighted by molar-refractivity contribution is -0.119. The van der Waals surface area contributed by atoms with Gasteiger partial charge >= 0.3 is 6.09 Å². The summed E-state index contributed by atoms with van der Waals surface area (Å²) in [6.45, 7) is 11.9. The van der Waals surface area contributed by atoms with Gasteiger partial charge in [0.2, 0.25) is 5.91 Å². The third-order valence-corrected chi connectivity index (χ3v) is 9.26. The summed E-state index contributed by atoms with van der Waals surface area (Å²) in [6.07, 6.45) is 3.91. The van der Waals surface area contributed by atoms with Crippen molar-refractivity contribution in [2.24, 2.45) is 11.8 Å². The summed E-state index contributed by atoms with van der Waals surface area (Å²) in [4.78, 5) is 45.8. The molecule has 11 nitrogen and oxygen atoms in total. The fourth-order valence-corrected chi connectivity index (χ4v) is 6.59. The van der Waals surface area contributed by atoms with E-state index in [-0.39, 0.29) is 23.8 Å². The van der Waals surface area contributed by atoms with Crippen LogP contribution in [0, 0.1) is 18.8 Å². The molecule has 0 saturated heterocycles. The molecule has 4 aromatic rings. The van der Waals surface area contributed by atoms with Crippen molar-refractivity contribution in [1.29, 1.82) is 0 Å². The Morgan fingerprint density at radius 1 is 0.980 bits per heavy atom. The predicted molar refractivity (Wildman–Crippen MR) is 200 cm³/mol. The average molecular weight is 697 g/mol. The van der Waals surface area contributed by atoms with Gasteiger partial charge in [-0.1, -0.05) is 30.3 Å². The topological polar surface area (TPSA) is 157 Å². The third-order valence-electron chi connectivity index (χ3n) is 9.26. The van der Waals surface area contributed by atoms with Crippen molar-refractivity contribution < 1.29 is 24.2 Å². The van der Waals surface area contributed by atoms with Gasteiger partial charge < -0.3 is 30.8 Å². The van der Waals surface area contributed by atoms with Crippen LogP contribution in [0.1, 0.15) is 81.8 Å². The van der Waals surface area contributed by atoms with Crippen molar-refractivity contribution in [3.8, 4) is 11.1 Å². The maximum absolute atomic E-state index is 13.8. The maximum atomic E-state index is 13.8. The van der Waals surface area contributed by atoms with Crippen LogP contribution >= 0.6 is 0 Å². The summed E-state index contributed by atoms with van der Waals surface area (Å²) in [5.41, 5.74) is 6.28. The number of fused-ring (bicyclic) bond motifs is 1. The van der Waals surface area contributed by atoms with E-state index in [4.69, 9.17) is 4.74 Å². The number of aliphatic hydroxyl groups is 1. The molecule has 1 aliphatic rings. The Morgan fingerprint density at radius 3 is 2.37 bits per heavy atom. The lowest BCUT2D eigenvalue weighted by atomic mass is 9.81. The Morgan fingerprint density at radius 2 is 1.71 bits per heavy atom. The number of aryl methyl sites for hydroxylation is 1. The molecule has 1 heterocycles. The molecular formula is C40H52N6O5. The summed E-state index contributed by atoms with van der Waals surface area (Å²) in [5.74, 6) is -0.0801. The number of hydrogen-bond donors (Lipinski definition) is 6. The molecule has 0 spiro atoms. The van der Waals surface area contributed by atoms with E-state index in [1.807, 2.05) is 102 Å². The number of nitrogens with zero attached hydrogens (tertiary/aromatic N) is 1. The lowest BCUT2D eigenvalue weighted by Gasteiger charge is -2.33. The zero-order valence-corrected chi connectivity index (χ0v) is 30.5. The van der Waals surface area contributed by atoms with E-state index in [1.54, 1.807) is 6.33 Å². The largest absolute Gasteiger partial charge is 0.444 e. The highest BCUT2D eigenvalue weighted by Gasteiger charge is 2.31. The zero-order valence-electron chi connectivity index (χ0n) is 30.5. The molecule has 5 rings (SSSR count). The number of imidazole rings is 1. The number of hydrogen-bond acceptors (Lipinski definition) is 7. The first kappa shape index (κ1) is 37.5. The predicted octanol–water partition coefficient (Wildman–Crippen LogP) is 6.47. The highest BCUT2D eigenvalue weighted by molar-refractivity contribution is 5.97. The second kappa shape index (κ2) is 16.5. The van der Waals surface area contributed by atoms with E-state index in [0.29, 0.717) is 30.1 Å². The van der Waals surface area contributed by atoms with Crippen molar-refractivity contribution in [2.45, 2.75) is 97.6 Å². The average Bonchev–Trinajstić information content (AvgIpc) is 3.55. The van der Waals surface area contributed by atoms with Crippen LogP contribution in [0.5, 0.6) is 0 Å². The molecule has 1 aliphatic carbocycles. The van der Waals surface area contributed by atoms with Crippen molar-refractivity contribution in [1.82, 2.24) is 25.9 Å². The van der Waals surface area contributed by atoms with E-state index in [2.05, 4.69) is 31.2 Å². The van der Waals surface area contributed by atoms with Crippen LogP contribution in [0.4, 0.5) is 10.5 Å². The van der Waals surface area contributed by atoms with E-state index < -0.39 is 24.0 Å². The first-order chi connectivity index (χ1) is 24.2. The number of aromatic amines is 1. The van der Waals surface area contributed by atoms with Crippen molar-refractivity contribution >= 4 is 34.6 Å². The van der Waals surface area contributed by atoms with Gasteiger partial charge in [0.25, 0.3) is 5.91 Å². The normalized spacial score (nSPS) is 17.5. The Hall–Kier alpha value is -4.74. The number of aliphatic hydroxyl groups excluding tert-OH is 1. The van der Waals surface area contributed by atoms with Gasteiger partial charge in [0.15, 0.2) is 0 Å². The monoisotopic (exact) mass is 696 g/mol. The van der Waals surface area contributed by atoms with Gasteiger partial charge in [-0.05, 0) is 138 Å². The number of carbonyl (C=O) groups is 3. The Labute approximate surface area is 300 Å². The maximum Gasteiger partial charge on any atom is 0.407 e. The quantitative estimate of drug-likeness (QED) is 0.0928. The number of H-pyrrole nitrogens is 1. The van der Waals surface area contributed by atoms with Crippen LogP contribution in [-0.2, 0) is 16.0 Å². The Kier molecular flexibility index (Phi) is 12.2. The standard InChI is InChI=1S/C40H52N6O5/c1-24(2)44-37(48)30-15-17-32(25(3)19-30)28-11-7-26(8-12-28)20-35(38(49)45-31-16-18-33-34(21-31)43-23-42-33)46-36(47)29-13-9-27(10-14-29)22-41-39(50)51-40(4,5)6/h7-8,11-12,15-19,21,23-24,27,29,35-36,46-47H,9-10,13-14,20,22H2,1-6H3,(H,41,50)(H,42,43)(H,44,48)(H,45,49). The molecule has 0 bridgehead atoms. The number of ether oxygens (including phenoxy) is 1. The molecular weight excluding hydrogens is 644 g/mol. The highest BCUT2D eigenvalue weighted by Crippen LogP contribution is 2.31. The molecule has 3 aromatic carbocycles. The van der Waals surface area contributed by atoms with Crippen molar-refractivity contribution in [3.05, 3.63) is 83.7 Å².